The standard InChI is InChI=1S/C11H22F3O2PS/c1-3-5-7-9-17(18,15-8-6-4-2)16-10-11(12,13)14/h3-10H2,1-2H3. The molecule has 0 heterocycles. The summed E-state index contributed by atoms with van der Waals surface area (Å²) < 4.78 is 46.7. The van der Waals surface area contributed by atoms with E-state index in [0.29, 0.717) is 12.8 Å². The number of rotatable bonds is 10. The van der Waals surface area contributed by atoms with Gasteiger partial charge in [-0.05, 0) is 24.6 Å². The lowest BCUT2D eigenvalue weighted by molar-refractivity contribution is -0.153. The molecule has 1 unspecified atom stereocenters. The van der Waals surface area contributed by atoms with E-state index in [4.69, 9.17) is 20.9 Å². The smallest absolute Gasteiger partial charge is 0.329 e. The van der Waals surface area contributed by atoms with Crippen molar-refractivity contribution >= 4 is 18.3 Å². The van der Waals surface area contributed by atoms with Gasteiger partial charge in [0.05, 0.1) is 6.61 Å². The third kappa shape index (κ3) is 10.3. The number of hydrogen-bond donors (Lipinski definition) is 0. The molecule has 0 bridgehead atoms. The highest BCUT2D eigenvalue weighted by molar-refractivity contribution is 8.09. The van der Waals surface area contributed by atoms with Gasteiger partial charge in [0, 0.05) is 6.16 Å². The van der Waals surface area contributed by atoms with Crippen molar-refractivity contribution < 1.29 is 22.2 Å². The van der Waals surface area contributed by atoms with E-state index in [2.05, 4.69) is 0 Å². The topological polar surface area (TPSA) is 18.5 Å². The quantitative estimate of drug-likeness (QED) is 0.423. The van der Waals surface area contributed by atoms with Gasteiger partial charge < -0.3 is 9.05 Å². The lowest BCUT2D eigenvalue weighted by atomic mass is 10.3. The molecule has 110 valence electrons. The summed E-state index contributed by atoms with van der Waals surface area (Å²) in [6.07, 6.45) is 0.482. The molecule has 0 aliphatic carbocycles. The highest BCUT2D eigenvalue weighted by atomic mass is 32.5. The first-order valence-electron chi connectivity index (χ1n) is 6.28. The van der Waals surface area contributed by atoms with Gasteiger partial charge >= 0.3 is 6.18 Å². The van der Waals surface area contributed by atoms with Gasteiger partial charge in [-0.25, -0.2) is 0 Å². The SMILES string of the molecule is CCCCCP(=S)(OCCCC)OCC(F)(F)F. The van der Waals surface area contributed by atoms with E-state index in [0.717, 1.165) is 32.1 Å². The zero-order valence-corrected chi connectivity index (χ0v) is 12.7. The third-order valence-electron chi connectivity index (χ3n) is 2.25. The van der Waals surface area contributed by atoms with Crippen molar-refractivity contribution in [3.8, 4) is 0 Å². The van der Waals surface area contributed by atoms with Crippen LogP contribution in [0.1, 0.15) is 46.0 Å². The Morgan fingerprint density at radius 3 is 2.11 bits per heavy atom. The van der Waals surface area contributed by atoms with Gasteiger partial charge in [-0.15, -0.1) is 0 Å². The molecule has 0 aliphatic rings. The monoisotopic (exact) mass is 306 g/mol. The van der Waals surface area contributed by atoms with Gasteiger partial charge in [0.15, 0.2) is 6.49 Å². The van der Waals surface area contributed by atoms with Crippen molar-refractivity contribution in [3.63, 3.8) is 0 Å². The fraction of sp³-hybridized carbons (Fsp3) is 1.00. The van der Waals surface area contributed by atoms with Crippen LogP contribution in [0.3, 0.4) is 0 Å². The molecule has 0 aromatic heterocycles. The van der Waals surface area contributed by atoms with Crippen molar-refractivity contribution in [2.45, 2.75) is 52.1 Å². The minimum Gasteiger partial charge on any atom is -0.329 e. The highest BCUT2D eigenvalue weighted by Crippen LogP contribution is 2.50. The number of hydrogen-bond acceptors (Lipinski definition) is 3. The Morgan fingerprint density at radius 1 is 1.00 bits per heavy atom. The van der Waals surface area contributed by atoms with Crippen LogP contribution in [0.15, 0.2) is 0 Å². The molecule has 0 aromatic carbocycles. The molecule has 0 radical (unpaired) electrons. The van der Waals surface area contributed by atoms with Crippen LogP contribution in [-0.4, -0.2) is 25.6 Å². The van der Waals surface area contributed by atoms with Crippen LogP contribution in [0.4, 0.5) is 13.2 Å². The van der Waals surface area contributed by atoms with Gasteiger partial charge in [0.25, 0.3) is 0 Å². The molecule has 7 heteroatoms. The van der Waals surface area contributed by atoms with Crippen LogP contribution in [-0.2, 0) is 20.9 Å². The fourth-order valence-corrected chi connectivity index (χ4v) is 3.70. The first-order chi connectivity index (χ1) is 8.33. The highest BCUT2D eigenvalue weighted by Gasteiger charge is 2.31. The van der Waals surface area contributed by atoms with Crippen LogP contribution in [0, 0.1) is 0 Å². The molecule has 0 amide bonds. The maximum absolute atomic E-state index is 12.2. The second kappa shape index (κ2) is 9.29. The van der Waals surface area contributed by atoms with E-state index in [9.17, 15) is 13.2 Å². The summed E-state index contributed by atoms with van der Waals surface area (Å²) in [7, 11) is 0. The fourth-order valence-electron chi connectivity index (χ4n) is 1.24. The van der Waals surface area contributed by atoms with Gasteiger partial charge in [-0.1, -0.05) is 33.1 Å². The largest absolute Gasteiger partial charge is 0.412 e. The molecule has 0 aromatic rings. The number of alkyl halides is 3. The molecule has 0 saturated carbocycles. The molecule has 0 fully saturated rings. The normalized spacial score (nSPS) is 15.6. The Labute approximate surface area is 112 Å². The van der Waals surface area contributed by atoms with Crippen molar-refractivity contribution in [1.82, 2.24) is 0 Å². The predicted molar refractivity (Wildman–Crippen MR) is 71.5 cm³/mol. The first kappa shape index (κ1) is 18.4. The summed E-state index contributed by atoms with van der Waals surface area (Å²) in [5.41, 5.74) is 0. The zero-order chi connectivity index (χ0) is 14.1. The number of halogens is 3. The molecule has 1 atom stereocenters. The van der Waals surface area contributed by atoms with E-state index in [1.54, 1.807) is 0 Å². The molecular weight excluding hydrogens is 284 g/mol. The van der Waals surface area contributed by atoms with Crippen LogP contribution >= 0.6 is 6.49 Å². The average Bonchev–Trinajstić information content (AvgIpc) is 2.27. The van der Waals surface area contributed by atoms with Gasteiger partial charge in [-0.3, -0.25) is 0 Å². The molecule has 0 N–H and O–H groups in total. The van der Waals surface area contributed by atoms with E-state index in [1.807, 2.05) is 13.8 Å². The summed E-state index contributed by atoms with van der Waals surface area (Å²) in [5, 5.41) is 0. The summed E-state index contributed by atoms with van der Waals surface area (Å²) >= 11 is 5.16. The van der Waals surface area contributed by atoms with Crippen molar-refractivity contribution in [2.24, 2.45) is 0 Å². The van der Waals surface area contributed by atoms with E-state index >= 15 is 0 Å². The summed E-state index contributed by atoms with van der Waals surface area (Å²) in [5.74, 6) is 0. The second-order valence-corrected chi connectivity index (χ2v) is 7.97. The van der Waals surface area contributed by atoms with Gasteiger partial charge in [0.1, 0.15) is 6.61 Å². The third-order valence-corrected chi connectivity index (χ3v) is 5.39. The van der Waals surface area contributed by atoms with E-state index < -0.39 is 19.3 Å². The molecule has 0 saturated heterocycles. The predicted octanol–water partition coefficient (Wildman–Crippen LogP) is 4.88. The first-order valence-corrected chi connectivity index (χ1v) is 9.10. The Kier molecular flexibility index (Phi) is 9.48. The molecule has 0 spiro atoms. The molecule has 2 nitrogen and oxygen atoms in total. The molecule has 0 rings (SSSR count). The minimum absolute atomic E-state index is 0.387. The second-order valence-electron chi connectivity index (χ2n) is 4.12. The maximum Gasteiger partial charge on any atom is 0.412 e. The Morgan fingerprint density at radius 2 is 1.61 bits per heavy atom. The van der Waals surface area contributed by atoms with E-state index in [-0.39, 0.29) is 0 Å². The average molecular weight is 306 g/mol. The van der Waals surface area contributed by atoms with Crippen molar-refractivity contribution in [3.05, 3.63) is 0 Å². The van der Waals surface area contributed by atoms with Crippen LogP contribution in [0.5, 0.6) is 0 Å². The summed E-state index contributed by atoms with van der Waals surface area (Å²) in [4.78, 5) is 0. The maximum atomic E-state index is 12.2. The van der Waals surface area contributed by atoms with Crippen LogP contribution in [0.25, 0.3) is 0 Å². The van der Waals surface area contributed by atoms with Crippen molar-refractivity contribution in [2.75, 3.05) is 19.4 Å². The summed E-state index contributed by atoms with van der Waals surface area (Å²) in [6.45, 7) is 0.334. The molecular formula is C11H22F3O2PS. The summed E-state index contributed by atoms with van der Waals surface area (Å²) in [6, 6.07) is 0. The zero-order valence-electron chi connectivity index (χ0n) is 11.0. The Balaban J connectivity index is 4.25. The lowest BCUT2D eigenvalue weighted by Gasteiger charge is -2.23. The van der Waals surface area contributed by atoms with Gasteiger partial charge in [0.2, 0.25) is 0 Å². The Hall–Kier alpha value is 0.360. The van der Waals surface area contributed by atoms with E-state index in [1.165, 1.54) is 0 Å². The Bertz CT molecular complexity index is 245. The van der Waals surface area contributed by atoms with Crippen LogP contribution in [0.2, 0.25) is 0 Å². The van der Waals surface area contributed by atoms with Crippen LogP contribution < -0.4 is 0 Å². The molecule has 0 aliphatic heterocycles. The minimum atomic E-state index is -4.34. The van der Waals surface area contributed by atoms with Gasteiger partial charge in [-0.2, -0.15) is 13.2 Å². The molecule has 18 heavy (non-hydrogen) atoms. The lowest BCUT2D eigenvalue weighted by Crippen LogP contribution is -2.17. The van der Waals surface area contributed by atoms with Crippen molar-refractivity contribution in [1.29, 1.82) is 0 Å². The number of unbranched alkanes of at least 4 members (excludes halogenated alkanes) is 3.